The molecule has 2 aromatic rings. The van der Waals surface area contributed by atoms with E-state index in [1.807, 2.05) is 24.3 Å². The lowest BCUT2D eigenvalue weighted by Gasteiger charge is -2.28. The van der Waals surface area contributed by atoms with Crippen molar-refractivity contribution in [2.45, 2.75) is 37.6 Å². The second kappa shape index (κ2) is 8.74. The molecule has 0 bridgehead atoms. The van der Waals surface area contributed by atoms with Crippen LogP contribution in [0.1, 0.15) is 30.1 Å². The van der Waals surface area contributed by atoms with E-state index < -0.39 is 6.10 Å². The molecule has 1 aliphatic heterocycles. The van der Waals surface area contributed by atoms with E-state index in [0.717, 1.165) is 30.8 Å². The minimum Gasteiger partial charge on any atom is -0.486 e. The Morgan fingerprint density at radius 1 is 1.11 bits per heavy atom. The second-order valence-electron chi connectivity index (χ2n) is 7.22. The van der Waals surface area contributed by atoms with Crippen LogP contribution in [0.5, 0.6) is 11.5 Å². The van der Waals surface area contributed by atoms with Crippen molar-refractivity contribution in [2.75, 3.05) is 26.3 Å². The summed E-state index contributed by atoms with van der Waals surface area (Å²) in [4.78, 5) is 0. The van der Waals surface area contributed by atoms with E-state index in [1.54, 1.807) is 0 Å². The molecule has 2 aromatic carbocycles. The fraction of sp³-hybridized carbons (Fsp3) is 0.455. The van der Waals surface area contributed by atoms with E-state index in [2.05, 4.69) is 29.6 Å². The summed E-state index contributed by atoms with van der Waals surface area (Å²) < 4.78 is 17.6. The number of para-hydroxylation sites is 2. The topological polar surface area (TPSA) is 60.0 Å². The Morgan fingerprint density at radius 3 is 2.85 bits per heavy atom. The van der Waals surface area contributed by atoms with Gasteiger partial charge < -0.3 is 24.6 Å². The number of ether oxygens (including phenoxy) is 3. The summed E-state index contributed by atoms with van der Waals surface area (Å²) >= 11 is 0. The van der Waals surface area contributed by atoms with Gasteiger partial charge >= 0.3 is 0 Å². The minimum atomic E-state index is -0.545. The zero-order chi connectivity index (χ0) is 18.5. The third-order valence-corrected chi connectivity index (χ3v) is 5.12. The van der Waals surface area contributed by atoms with Gasteiger partial charge in [0.2, 0.25) is 0 Å². The summed E-state index contributed by atoms with van der Waals surface area (Å²) in [6, 6.07) is 16.1. The Balaban J connectivity index is 1.18. The molecule has 2 N–H and O–H groups in total. The van der Waals surface area contributed by atoms with Crippen molar-refractivity contribution in [1.29, 1.82) is 0 Å². The number of fused-ring (bicyclic) bond motifs is 2. The Morgan fingerprint density at radius 2 is 1.93 bits per heavy atom. The number of rotatable bonds is 7. The first-order chi connectivity index (χ1) is 13.3. The third-order valence-electron chi connectivity index (χ3n) is 5.12. The van der Waals surface area contributed by atoms with Crippen LogP contribution in [0.2, 0.25) is 0 Å². The summed E-state index contributed by atoms with van der Waals surface area (Å²) in [5.74, 6) is 1.56. The molecule has 144 valence electrons. The van der Waals surface area contributed by atoms with Gasteiger partial charge in [0.15, 0.2) is 11.5 Å². The number of hydrogen-bond donors (Lipinski definition) is 2. The van der Waals surface area contributed by atoms with Crippen LogP contribution in [-0.2, 0) is 11.2 Å². The molecule has 0 fully saturated rings. The maximum absolute atomic E-state index is 10.3. The molecule has 2 aliphatic rings. The van der Waals surface area contributed by atoms with Gasteiger partial charge in [-0.05, 0) is 42.5 Å². The number of aliphatic hydroxyl groups excluding tert-OH is 1. The van der Waals surface area contributed by atoms with Crippen LogP contribution < -0.4 is 14.8 Å². The van der Waals surface area contributed by atoms with Crippen LogP contribution in [0, 0.1) is 0 Å². The molecule has 27 heavy (non-hydrogen) atoms. The highest BCUT2D eigenvalue weighted by Crippen LogP contribution is 2.32. The van der Waals surface area contributed by atoms with Gasteiger partial charge in [0.1, 0.15) is 12.7 Å². The first kappa shape index (κ1) is 18.3. The van der Waals surface area contributed by atoms with Crippen molar-refractivity contribution in [3.05, 3.63) is 59.7 Å². The zero-order valence-electron chi connectivity index (χ0n) is 15.5. The molecular formula is C22H27NO4. The summed E-state index contributed by atoms with van der Waals surface area (Å²) in [7, 11) is 0. The van der Waals surface area contributed by atoms with Crippen LogP contribution >= 0.6 is 0 Å². The van der Waals surface area contributed by atoms with Gasteiger partial charge in [-0.1, -0.05) is 36.4 Å². The maximum atomic E-state index is 10.3. The molecule has 0 radical (unpaired) electrons. The number of hydrogen-bond acceptors (Lipinski definition) is 5. The smallest absolute Gasteiger partial charge is 0.161 e. The predicted octanol–water partition coefficient (Wildman–Crippen LogP) is 2.87. The first-order valence-corrected chi connectivity index (χ1v) is 9.76. The van der Waals surface area contributed by atoms with E-state index >= 15 is 0 Å². The summed E-state index contributed by atoms with van der Waals surface area (Å²) in [5.41, 5.74) is 2.64. The van der Waals surface area contributed by atoms with Gasteiger partial charge in [-0.15, -0.1) is 0 Å². The summed E-state index contributed by atoms with van der Waals surface area (Å²) in [6.07, 6.45) is 2.76. The molecule has 0 aromatic heterocycles. The van der Waals surface area contributed by atoms with Crippen molar-refractivity contribution < 1.29 is 19.3 Å². The maximum Gasteiger partial charge on any atom is 0.161 e. The van der Waals surface area contributed by atoms with Crippen molar-refractivity contribution in [3.8, 4) is 11.5 Å². The van der Waals surface area contributed by atoms with Crippen molar-refractivity contribution >= 4 is 0 Å². The Hall–Kier alpha value is -2.08. The van der Waals surface area contributed by atoms with E-state index in [9.17, 15) is 5.11 Å². The number of aryl methyl sites for hydroxylation is 1. The molecule has 1 heterocycles. The Labute approximate surface area is 160 Å². The third kappa shape index (κ3) is 4.61. The van der Waals surface area contributed by atoms with Gasteiger partial charge in [0.05, 0.1) is 18.8 Å². The quantitative estimate of drug-likeness (QED) is 0.786. The normalized spacial score (nSPS) is 22.1. The first-order valence-electron chi connectivity index (χ1n) is 9.76. The van der Waals surface area contributed by atoms with Gasteiger partial charge in [-0.2, -0.15) is 0 Å². The highest BCUT2D eigenvalue weighted by atomic mass is 16.6. The molecule has 0 saturated carbocycles. The second-order valence-corrected chi connectivity index (χ2v) is 7.22. The van der Waals surface area contributed by atoms with Gasteiger partial charge in [0, 0.05) is 13.1 Å². The predicted molar refractivity (Wildman–Crippen MR) is 103 cm³/mol. The van der Waals surface area contributed by atoms with Crippen molar-refractivity contribution in [3.63, 3.8) is 0 Å². The lowest BCUT2D eigenvalue weighted by molar-refractivity contribution is -0.0177. The van der Waals surface area contributed by atoms with Gasteiger partial charge in [-0.25, -0.2) is 0 Å². The number of benzene rings is 2. The molecular weight excluding hydrogens is 342 g/mol. The van der Waals surface area contributed by atoms with Crippen molar-refractivity contribution in [2.24, 2.45) is 0 Å². The fourth-order valence-corrected chi connectivity index (χ4v) is 3.74. The molecule has 0 spiro atoms. The molecule has 1 aliphatic carbocycles. The molecule has 3 unspecified atom stereocenters. The van der Waals surface area contributed by atoms with Crippen molar-refractivity contribution in [1.82, 2.24) is 5.32 Å². The Bertz CT molecular complexity index is 751. The highest BCUT2D eigenvalue weighted by molar-refractivity contribution is 5.40. The molecule has 3 atom stereocenters. The van der Waals surface area contributed by atoms with E-state index in [4.69, 9.17) is 14.2 Å². The zero-order valence-corrected chi connectivity index (χ0v) is 15.5. The van der Waals surface area contributed by atoms with Crippen LogP contribution in [0.25, 0.3) is 0 Å². The Kier molecular flexibility index (Phi) is 5.92. The molecule has 5 heteroatoms. The lowest BCUT2D eigenvalue weighted by atomic mass is 9.89. The summed E-state index contributed by atoms with van der Waals surface area (Å²) in [5, 5.41) is 13.5. The monoisotopic (exact) mass is 369 g/mol. The van der Waals surface area contributed by atoms with Crippen LogP contribution in [0.4, 0.5) is 0 Å². The van der Waals surface area contributed by atoms with Crippen LogP contribution in [-0.4, -0.2) is 43.6 Å². The largest absolute Gasteiger partial charge is 0.486 e. The van der Waals surface area contributed by atoms with E-state index in [0.29, 0.717) is 26.3 Å². The molecule has 0 saturated heterocycles. The van der Waals surface area contributed by atoms with Crippen LogP contribution in [0.3, 0.4) is 0 Å². The van der Waals surface area contributed by atoms with E-state index in [1.165, 1.54) is 11.1 Å². The number of nitrogens with one attached hydrogen (secondary N) is 1. The molecule has 0 amide bonds. The summed E-state index contributed by atoms with van der Waals surface area (Å²) in [6.45, 7) is 1.93. The average molecular weight is 369 g/mol. The molecule has 5 nitrogen and oxygen atoms in total. The van der Waals surface area contributed by atoms with E-state index in [-0.39, 0.29) is 12.2 Å². The highest BCUT2D eigenvalue weighted by Gasteiger charge is 2.22. The minimum absolute atomic E-state index is 0.0572. The standard InChI is InChI=1S/C22H27NO4/c24-17(14-25-20-11-5-7-16-6-1-2-8-19(16)20)12-23-13-18-15-26-21-9-3-4-10-22(21)27-18/h1-4,6,8-10,17-18,20,23-24H,5,7,11-15H2. The molecule has 4 rings (SSSR count). The number of aliphatic hydroxyl groups is 1. The van der Waals surface area contributed by atoms with Gasteiger partial charge in [-0.3, -0.25) is 0 Å². The van der Waals surface area contributed by atoms with Gasteiger partial charge in [0.25, 0.3) is 0 Å². The average Bonchev–Trinajstić information content (AvgIpc) is 2.72. The fourth-order valence-electron chi connectivity index (χ4n) is 3.74. The SMILES string of the molecule is OC(CNCC1COc2ccccc2O1)COC1CCCc2ccccc21. The lowest BCUT2D eigenvalue weighted by Crippen LogP contribution is -2.41. The van der Waals surface area contributed by atoms with Crippen LogP contribution in [0.15, 0.2) is 48.5 Å².